The summed E-state index contributed by atoms with van der Waals surface area (Å²) in [6.45, 7) is 7.92. The number of amides is 1. The van der Waals surface area contributed by atoms with Crippen LogP contribution in [0.4, 0.5) is 0 Å². The molecule has 0 aromatic carbocycles. The summed E-state index contributed by atoms with van der Waals surface area (Å²) < 4.78 is 0. The lowest BCUT2D eigenvalue weighted by atomic mass is 9.97. The van der Waals surface area contributed by atoms with Crippen LogP contribution in [0.3, 0.4) is 0 Å². The molecule has 100 valence electrons. The van der Waals surface area contributed by atoms with Crippen LogP contribution in [0, 0.1) is 5.92 Å². The molecule has 1 aliphatic rings. The molecule has 1 heterocycles. The molecule has 1 saturated heterocycles. The van der Waals surface area contributed by atoms with E-state index in [4.69, 9.17) is 0 Å². The summed E-state index contributed by atoms with van der Waals surface area (Å²) in [4.78, 5) is 13.9. The molecule has 1 unspecified atom stereocenters. The monoisotopic (exact) mass is 241 g/mol. The van der Waals surface area contributed by atoms with Gasteiger partial charge >= 0.3 is 0 Å². The maximum Gasteiger partial charge on any atom is 0.234 e. The fourth-order valence-corrected chi connectivity index (χ4v) is 2.08. The first-order valence-corrected chi connectivity index (χ1v) is 6.80. The summed E-state index contributed by atoms with van der Waals surface area (Å²) >= 11 is 0. The molecule has 1 fully saturated rings. The van der Waals surface area contributed by atoms with Gasteiger partial charge in [-0.25, -0.2) is 0 Å². The Kier molecular flexibility index (Phi) is 6.52. The first kappa shape index (κ1) is 14.5. The summed E-state index contributed by atoms with van der Waals surface area (Å²) in [7, 11) is 2.17. The number of carbonyl (C=O) groups excluding carboxylic acids is 1. The van der Waals surface area contributed by atoms with E-state index >= 15 is 0 Å². The van der Waals surface area contributed by atoms with Crippen molar-refractivity contribution in [2.75, 3.05) is 33.2 Å². The van der Waals surface area contributed by atoms with E-state index < -0.39 is 0 Å². The van der Waals surface area contributed by atoms with Crippen LogP contribution in [0.2, 0.25) is 0 Å². The fraction of sp³-hybridized carbons (Fsp3) is 0.923. The predicted molar refractivity (Wildman–Crippen MR) is 71.0 cm³/mol. The van der Waals surface area contributed by atoms with Crippen LogP contribution in [-0.4, -0.2) is 50.1 Å². The van der Waals surface area contributed by atoms with Crippen LogP contribution < -0.4 is 10.6 Å². The Labute approximate surface area is 105 Å². The van der Waals surface area contributed by atoms with Gasteiger partial charge in [0.05, 0.1) is 6.54 Å². The van der Waals surface area contributed by atoms with Gasteiger partial charge in [-0.3, -0.25) is 4.79 Å². The number of nitrogens with zero attached hydrogens (tertiary/aromatic N) is 1. The fourth-order valence-electron chi connectivity index (χ4n) is 2.08. The molecule has 1 aliphatic heterocycles. The summed E-state index contributed by atoms with van der Waals surface area (Å²) in [5.41, 5.74) is 0. The van der Waals surface area contributed by atoms with Crippen LogP contribution in [0.1, 0.15) is 33.1 Å². The summed E-state index contributed by atoms with van der Waals surface area (Å²) in [5, 5.41) is 6.23. The zero-order valence-electron chi connectivity index (χ0n) is 11.5. The topological polar surface area (TPSA) is 44.4 Å². The molecule has 1 rings (SSSR count). The molecule has 0 spiro atoms. The second kappa shape index (κ2) is 7.67. The van der Waals surface area contributed by atoms with Crippen molar-refractivity contribution in [2.24, 2.45) is 5.92 Å². The van der Waals surface area contributed by atoms with Gasteiger partial charge in [0.25, 0.3) is 0 Å². The highest BCUT2D eigenvalue weighted by molar-refractivity contribution is 5.78. The molecule has 0 aromatic rings. The normalized spacial score (nSPS) is 20.2. The highest BCUT2D eigenvalue weighted by Crippen LogP contribution is 2.14. The van der Waals surface area contributed by atoms with E-state index in [-0.39, 0.29) is 11.9 Å². The van der Waals surface area contributed by atoms with Gasteiger partial charge in [-0.2, -0.15) is 0 Å². The maximum atomic E-state index is 11.5. The van der Waals surface area contributed by atoms with Crippen LogP contribution in [-0.2, 0) is 4.79 Å². The third-order valence-electron chi connectivity index (χ3n) is 3.58. The van der Waals surface area contributed by atoms with Crippen molar-refractivity contribution in [3.8, 4) is 0 Å². The average molecular weight is 241 g/mol. The van der Waals surface area contributed by atoms with Crippen molar-refractivity contribution in [3.05, 3.63) is 0 Å². The van der Waals surface area contributed by atoms with Gasteiger partial charge in [-0.1, -0.05) is 6.92 Å². The van der Waals surface area contributed by atoms with E-state index in [0.717, 1.165) is 18.9 Å². The Morgan fingerprint density at radius 3 is 2.65 bits per heavy atom. The standard InChI is InChI=1S/C13H27N3O/c1-4-11(2)15-13(17)10-14-9-12-5-7-16(3)8-6-12/h11-12,14H,4-10H2,1-3H3,(H,15,17). The van der Waals surface area contributed by atoms with E-state index in [1.165, 1.54) is 25.9 Å². The third kappa shape index (κ3) is 6.03. The molecule has 1 atom stereocenters. The van der Waals surface area contributed by atoms with Crippen molar-refractivity contribution in [2.45, 2.75) is 39.2 Å². The molecular weight excluding hydrogens is 214 g/mol. The molecule has 0 aliphatic carbocycles. The number of carbonyl (C=O) groups is 1. The zero-order chi connectivity index (χ0) is 12.7. The van der Waals surface area contributed by atoms with Crippen molar-refractivity contribution >= 4 is 5.91 Å². The average Bonchev–Trinajstić information content (AvgIpc) is 2.31. The van der Waals surface area contributed by atoms with Gasteiger partial charge in [0.1, 0.15) is 0 Å². The van der Waals surface area contributed by atoms with Gasteiger partial charge in [-0.05, 0) is 58.8 Å². The Hall–Kier alpha value is -0.610. The first-order valence-electron chi connectivity index (χ1n) is 6.80. The Bertz CT molecular complexity index is 225. The van der Waals surface area contributed by atoms with Crippen molar-refractivity contribution in [1.82, 2.24) is 15.5 Å². The second-order valence-electron chi connectivity index (χ2n) is 5.25. The minimum absolute atomic E-state index is 0.118. The summed E-state index contributed by atoms with van der Waals surface area (Å²) in [6, 6.07) is 0.285. The van der Waals surface area contributed by atoms with Crippen LogP contribution in [0.15, 0.2) is 0 Å². The van der Waals surface area contributed by atoms with Gasteiger partial charge < -0.3 is 15.5 Å². The van der Waals surface area contributed by atoms with E-state index in [2.05, 4.69) is 29.5 Å². The lowest BCUT2D eigenvalue weighted by molar-refractivity contribution is -0.120. The van der Waals surface area contributed by atoms with Gasteiger partial charge in [-0.15, -0.1) is 0 Å². The molecule has 4 heteroatoms. The highest BCUT2D eigenvalue weighted by Gasteiger charge is 2.16. The number of hydrogen-bond acceptors (Lipinski definition) is 3. The minimum Gasteiger partial charge on any atom is -0.353 e. The van der Waals surface area contributed by atoms with Crippen molar-refractivity contribution in [3.63, 3.8) is 0 Å². The molecule has 1 amide bonds. The number of nitrogens with one attached hydrogen (secondary N) is 2. The Morgan fingerprint density at radius 1 is 1.41 bits per heavy atom. The highest BCUT2D eigenvalue weighted by atomic mass is 16.1. The molecule has 2 N–H and O–H groups in total. The van der Waals surface area contributed by atoms with Crippen molar-refractivity contribution < 1.29 is 4.79 Å². The number of likely N-dealkylation sites (tertiary alicyclic amines) is 1. The largest absolute Gasteiger partial charge is 0.353 e. The Balaban J connectivity index is 2.05. The SMILES string of the molecule is CCC(C)NC(=O)CNCC1CCN(C)CC1. The van der Waals surface area contributed by atoms with E-state index in [9.17, 15) is 4.79 Å². The predicted octanol–water partition coefficient (Wildman–Crippen LogP) is 0.833. The number of hydrogen-bond donors (Lipinski definition) is 2. The van der Waals surface area contributed by atoms with Crippen LogP contribution in [0.5, 0.6) is 0 Å². The van der Waals surface area contributed by atoms with Gasteiger partial charge in [0.2, 0.25) is 5.91 Å². The van der Waals surface area contributed by atoms with Gasteiger partial charge in [0, 0.05) is 6.04 Å². The van der Waals surface area contributed by atoms with Crippen molar-refractivity contribution in [1.29, 1.82) is 0 Å². The molecule has 0 bridgehead atoms. The Morgan fingerprint density at radius 2 is 2.06 bits per heavy atom. The maximum absolute atomic E-state index is 11.5. The first-order chi connectivity index (χ1) is 8.11. The quantitative estimate of drug-likeness (QED) is 0.724. The summed E-state index contributed by atoms with van der Waals surface area (Å²) in [6.07, 6.45) is 3.48. The number of piperidine rings is 1. The minimum atomic E-state index is 0.118. The lowest BCUT2D eigenvalue weighted by Gasteiger charge is -2.29. The molecule has 17 heavy (non-hydrogen) atoms. The molecule has 0 radical (unpaired) electrons. The van der Waals surface area contributed by atoms with Gasteiger partial charge in [0.15, 0.2) is 0 Å². The van der Waals surface area contributed by atoms with Crippen LogP contribution >= 0.6 is 0 Å². The molecular formula is C13H27N3O. The lowest BCUT2D eigenvalue weighted by Crippen LogP contribution is -2.41. The molecule has 0 saturated carbocycles. The van der Waals surface area contributed by atoms with Crippen LogP contribution in [0.25, 0.3) is 0 Å². The molecule has 0 aromatic heterocycles. The zero-order valence-corrected chi connectivity index (χ0v) is 11.5. The van der Waals surface area contributed by atoms with E-state index in [0.29, 0.717) is 6.54 Å². The second-order valence-corrected chi connectivity index (χ2v) is 5.25. The van der Waals surface area contributed by atoms with E-state index in [1.54, 1.807) is 0 Å². The number of rotatable bonds is 6. The molecule has 4 nitrogen and oxygen atoms in total. The third-order valence-corrected chi connectivity index (χ3v) is 3.58. The summed E-state index contributed by atoms with van der Waals surface area (Å²) in [5.74, 6) is 0.856. The smallest absolute Gasteiger partial charge is 0.234 e. The van der Waals surface area contributed by atoms with E-state index in [1.807, 2.05) is 6.92 Å².